The molecule has 0 bridgehead atoms. The van der Waals surface area contributed by atoms with Crippen molar-refractivity contribution < 1.29 is 13.9 Å². The summed E-state index contributed by atoms with van der Waals surface area (Å²) in [4.78, 5) is 12.2. The predicted molar refractivity (Wildman–Crippen MR) is 104 cm³/mol. The van der Waals surface area contributed by atoms with Crippen LogP contribution < -0.4 is 10.1 Å². The Bertz CT molecular complexity index is 973. The maximum Gasteiger partial charge on any atom is 0.282 e. The average molecular weight is 404 g/mol. The zero-order chi connectivity index (χ0) is 19.2. The number of aromatic nitrogens is 2. The van der Waals surface area contributed by atoms with Crippen LogP contribution >= 0.6 is 22.9 Å². The molecule has 0 aliphatic carbocycles. The molecule has 1 N–H and O–H groups in total. The highest BCUT2D eigenvalue weighted by molar-refractivity contribution is 7.15. The molecular weight excluding hydrogens is 389 g/mol. The Morgan fingerprint density at radius 1 is 1.22 bits per heavy atom. The van der Waals surface area contributed by atoms with Crippen LogP contribution in [0.1, 0.15) is 25.9 Å². The van der Waals surface area contributed by atoms with E-state index >= 15 is 0 Å². The van der Waals surface area contributed by atoms with Crippen molar-refractivity contribution in [1.82, 2.24) is 15.5 Å². The normalized spacial score (nSPS) is 11.3. The number of nitrogens with one attached hydrogen (secondary N) is 1. The van der Waals surface area contributed by atoms with Gasteiger partial charge in [0.1, 0.15) is 11.6 Å². The van der Waals surface area contributed by atoms with Crippen LogP contribution in [0.25, 0.3) is 11.1 Å². The van der Waals surface area contributed by atoms with Crippen molar-refractivity contribution in [3.05, 3.63) is 75.5 Å². The van der Waals surface area contributed by atoms with Gasteiger partial charge in [0.25, 0.3) is 5.91 Å². The van der Waals surface area contributed by atoms with Gasteiger partial charge < -0.3 is 10.1 Å². The number of hydrogen-bond donors (Lipinski definition) is 1. The minimum absolute atomic E-state index is 0.198. The second kappa shape index (κ2) is 8.75. The Labute approximate surface area is 164 Å². The largest absolute Gasteiger partial charge is 0.497 e. The second-order valence-corrected chi connectivity index (χ2v) is 6.88. The molecule has 0 aliphatic heterocycles. The van der Waals surface area contributed by atoms with Gasteiger partial charge in [-0.2, -0.15) is 0 Å². The van der Waals surface area contributed by atoms with Crippen LogP contribution in [-0.2, 0) is 6.54 Å². The van der Waals surface area contributed by atoms with Crippen molar-refractivity contribution in [2.24, 2.45) is 0 Å². The number of hydrogen-bond acceptors (Lipinski definition) is 5. The van der Waals surface area contributed by atoms with Gasteiger partial charge in [0.15, 0.2) is 5.01 Å². The van der Waals surface area contributed by atoms with E-state index in [9.17, 15) is 9.18 Å². The van der Waals surface area contributed by atoms with E-state index in [4.69, 9.17) is 16.3 Å². The van der Waals surface area contributed by atoms with Gasteiger partial charge in [0.2, 0.25) is 5.01 Å². The molecule has 2 aromatic carbocycles. The number of rotatable bonds is 6. The van der Waals surface area contributed by atoms with Crippen molar-refractivity contribution in [2.45, 2.75) is 6.54 Å². The highest BCUT2D eigenvalue weighted by Gasteiger charge is 2.14. The zero-order valence-corrected chi connectivity index (χ0v) is 15.9. The first-order valence-corrected chi connectivity index (χ1v) is 9.12. The lowest BCUT2D eigenvalue weighted by Gasteiger charge is -2.02. The summed E-state index contributed by atoms with van der Waals surface area (Å²) in [5, 5.41) is 11.6. The van der Waals surface area contributed by atoms with E-state index in [1.54, 1.807) is 25.3 Å². The van der Waals surface area contributed by atoms with Gasteiger partial charge in [0.05, 0.1) is 12.1 Å². The Morgan fingerprint density at radius 2 is 1.96 bits per heavy atom. The Hall–Kier alpha value is -2.77. The molecule has 3 rings (SSSR count). The fourth-order valence-electron chi connectivity index (χ4n) is 2.21. The quantitative estimate of drug-likeness (QED) is 0.664. The average Bonchev–Trinajstić information content (AvgIpc) is 3.18. The lowest BCUT2D eigenvalue weighted by molar-refractivity contribution is 0.0950. The number of ether oxygens (including phenoxy) is 1. The topological polar surface area (TPSA) is 64.1 Å². The zero-order valence-electron chi connectivity index (χ0n) is 14.3. The van der Waals surface area contributed by atoms with E-state index in [-0.39, 0.29) is 23.3 Å². The predicted octanol–water partition coefficient (Wildman–Crippen LogP) is 4.35. The summed E-state index contributed by atoms with van der Waals surface area (Å²) < 4.78 is 18.1. The van der Waals surface area contributed by atoms with E-state index in [2.05, 4.69) is 15.5 Å². The summed E-state index contributed by atoms with van der Waals surface area (Å²) in [5.74, 6) is 0.0246. The molecule has 0 fully saturated rings. The maximum absolute atomic E-state index is 12.9. The highest BCUT2D eigenvalue weighted by atomic mass is 35.5. The number of amides is 1. The molecule has 3 aromatic rings. The van der Waals surface area contributed by atoms with Crippen LogP contribution in [0.4, 0.5) is 4.39 Å². The minimum Gasteiger partial charge on any atom is -0.497 e. The fraction of sp³-hybridized carbons (Fsp3) is 0.105. The van der Waals surface area contributed by atoms with E-state index in [1.165, 1.54) is 12.1 Å². The Kier molecular flexibility index (Phi) is 6.16. The van der Waals surface area contributed by atoms with Crippen molar-refractivity contribution in [2.75, 3.05) is 7.11 Å². The first-order chi connectivity index (χ1) is 13.0. The number of methoxy groups -OCH3 is 1. The maximum atomic E-state index is 12.9. The third-order valence-corrected chi connectivity index (χ3v) is 4.93. The van der Waals surface area contributed by atoms with Crippen molar-refractivity contribution >= 4 is 40.0 Å². The summed E-state index contributed by atoms with van der Waals surface area (Å²) in [6.45, 7) is 0.265. The van der Waals surface area contributed by atoms with Gasteiger partial charge in [-0.05, 0) is 41.5 Å². The van der Waals surface area contributed by atoms with Crippen LogP contribution in [0.15, 0.2) is 48.5 Å². The SMILES string of the molecule is COc1cccc(C=C(Cl)c2nnc(C(=O)NCc3ccc(F)cc3)s2)c1. The lowest BCUT2D eigenvalue weighted by atomic mass is 10.2. The van der Waals surface area contributed by atoms with Gasteiger partial charge in [-0.15, -0.1) is 10.2 Å². The molecule has 0 aliphatic rings. The summed E-state index contributed by atoms with van der Waals surface area (Å²) in [5.41, 5.74) is 1.63. The number of carbonyl (C=O) groups is 1. The molecule has 0 saturated carbocycles. The summed E-state index contributed by atoms with van der Waals surface area (Å²) in [7, 11) is 1.59. The molecule has 0 saturated heterocycles. The van der Waals surface area contributed by atoms with Crippen molar-refractivity contribution in [3.8, 4) is 5.75 Å². The van der Waals surface area contributed by atoms with E-state index in [0.29, 0.717) is 15.8 Å². The molecule has 8 heteroatoms. The van der Waals surface area contributed by atoms with Crippen molar-refractivity contribution in [3.63, 3.8) is 0 Å². The molecule has 0 unspecified atom stereocenters. The molecule has 0 spiro atoms. The van der Waals surface area contributed by atoms with E-state index in [0.717, 1.165) is 22.5 Å². The molecule has 1 heterocycles. The molecule has 138 valence electrons. The van der Waals surface area contributed by atoms with Crippen LogP contribution in [0, 0.1) is 5.82 Å². The summed E-state index contributed by atoms with van der Waals surface area (Å²) in [6.07, 6.45) is 1.73. The third-order valence-electron chi connectivity index (χ3n) is 3.58. The number of carbonyl (C=O) groups excluding carboxylic acids is 1. The molecular formula is C19H15ClFN3O2S. The Balaban J connectivity index is 1.66. The van der Waals surface area contributed by atoms with Crippen LogP contribution in [-0.4, -0.2) is 23.2 Å². The van der Waals surface area contributed by atoms with Crippen molar-refractivity contribution in [1.29, 1.82) is 0 Å². The fourth-order valence-corrected chi connectivity index (χ4v) is 3.16. The minimum atomic E-state index is -0.367. The van der Waals surface area contributed by atoms with Crippen LogP contribution in [0.2, 0.25) is 0 Å². The molecule has 1 aromatic heterocycles. The standard InChI is InChI=1S/C19H15ClFN3O2S/c1-26-15-4-2-3-13(9-15)10-16(20)18-23-24-19(27-18)17(25)22-11-12-5-7-14(21)8-6-12/h2-10H,11H2,1H3,(H,22,25). The first kappa shape index (κ1) is 19.0. The second-order valence-electron chi connectivity index (χ2n) is 5.49. The lowest BCUT2D eigenvalue weighted by Crippen LogP contribution is -2.22. The molecule has 1 amide bonds. The van der Waals surface area contributed by atoms with Crippen LogP contribution in [0.5, 0.6) is 5.75 Å². The van der Waals surface area contributed by atoms with Gasteiger partial charge >= 0.3 is 0 Å². The summed E-state index contributed by atoms with van der Waals surface area (Å²) >= 11 is 7.39. The van der Waals surface area contributed by atoms with Crippen LogP contribution in [0.3, 0.4) is 0 Å². The van der Waals surface area contributed by atoms with Gasteiger partial charge in [-0.3, -0.25) is 4.79 Å². The Morgan fingerprint density at radius 3 is 2.70 bits per heavy atom. The monoisotopic (exact) mass is 403 g/mol. The molecule has 27 heavy (non-hydrogen) atoms. The summed E-state index contributed by atoms with van der Waals surface area (Å²) in [6, 6.07) is 13.3. The third kappa shape index (κ3) is 5.12. The molecule has 0 radical (unpaired) electrons. The van der Waals surface area contributed by atoms with Gasteiger partial charge in [-0.25, -0.2) is 4.39 Å². The van der Waals surface area contributed by atoms with Gasteiger partial charge in [0, 0.05) is 6.54 Å². The van der Waals surface area contributed by atoms with E-state index in [1.807, 2.05) is 24.3 Å². The number of halogens is 2. The molecule has 0 atom stereocenters. The van der Waals surface area contributed by atoms with E-state index < -0.39 is 0 Å². The first-order valence-electron chi connectivity index (χ1n) is 7.93. The smallest absolute Gasteiger partial charge is 0.282 e. The number of benzene rings is 2. The number of nitrogens with zero attached hydrogens (tertiary/aromatic N) is 2. The molecule has 5 nitrogen and oxygen atoms in total. The highest BCUT2D eigenvalue weighted by Crippen LogP contribution is 2.26. The van der Waals surface area contributed by atoms with Gasteiger partial charge in [-0.1, -0.05) is 47.2 Å².